The Kier molecular flexibility index (Phi) is 17.9. The van der Waals surface area contributed by atoms with Gasteiger partial charge in [0, 0.05) is 63.9 Å². The second-order valence-corrected chi connectivity index (χ2v) is 7.26. The summed E-state index contributed by atoms with van der Waals surface area (Å²) in [4.78, 5) is 0. The molecule has 0 spiro atoms. The Balaban J connectivity index is 0.000000160. The van der Waals surface area contributed by atoms with E-state index in [9.17, 15) is 0 Å². The van der Waals surface area contributed by atoms with Gasteiger partial charge in [-0.3, -0.25) is 0 Å². The van der Waals surface area contributed by atoms with Crippen molar-refractivity contribution >= 4 is 11.8 Å². The quantitative estimate of drug-likeness (QED) is 0.412. The highest BCUT2D eigenvalue weighted by Gasteiger charge is 1.95. The first kappa shape index (κ1) is 22.2. The molecular weight excluding hydrogens is 322 g/mol. The molecule has 0 aromatic rings. The molecule has 6 nitrogen and oxygen atoms in total. The molecule has 4 aliphatic rings. The van der Waals surface area contributed by atoms with Crippen LogP contribution in [0.3, 0.4) is 0 Å². The largest absolute Gasteiger partial charge is 0.379 e. The van der Waals surface area contributed by atoms with E-state index in [-0.39, 0.29) is 0 Å². The monoisotopic (exact) mass is 361 g/mol. The minimum Gasteiger partial charge on any atom is -0.379 e. The van der Waals surface area contributed by atoms with Crippen LogP contribution in [0.2, 0.25) is 0 Å². The summed E-state index contributed by atoms with van der Waals surface area (Å²) in [7, 11) is 0. The molecule has 0 aromatic heterocycles. The van der Waals surface area contributed by atoms with Gasteiger partial charge in [0.25, 0.3) is 0 Å². The van der Waals surface area contributed by atoms with Gasteiger partial charge in [-0.25, -0.2) is 0 Å². The highest BCUT2D eigenvalue weighted by atomic mass is 32.2. The molecule has 0 atom stereocenters. The number of ether oxygens (including phenoxy) is 1. The van der Waals surface area contributed by atoms with Crippen LogP contribution in [-0.4, -0.2) is 90.2 Å². The number of thioether (sulfide) groups is 1. The zero-order valence-corrected chi connectivity index (χ0v) is 16.2. The van der Waals surface area contributed by atoms with Gasteiger partial charge in [-0.2, -0.15) is 11.8 Å². The molecule has 4 heterocycles. The maximum Gasteiger partial charge on any atom is 0.0591 e. The molecule has 24 heavy (non-hydrogen) atoms. The van der Waals surface area contributed by atoms with Crippen LogP contribution in [0.4, 0.5) is 0 Å². The van der Waals surface area contributed by atoms with Crippen molar-refractivity contribution in [2.75, 3.05) is 90.2 Å². The van der Waals surface area contributed by atoms with Crippen LogP contribution in [0, 0.1) is 0 Å². The minimum atomic E-state index is 0.889. The molecular formula is C17H39N5OS. The van der Waals surface area contributed by atoms with Crippen molar-refractivity contribution < 1.29 is 4.74 Å². The van der Waals surface area contributed by atoms with Gasteiger partial charge in [-0.1, -0.05) is 6.42 Å². The fourth-order valence-electron chi connectivity index (χ4n) is 2.44. The van der Waals surface area contributed by atoms with Crippen molar-refractivity contribution in [3.8, 4) is 0 Å². The second kappa shape index (κ2) is 19.4. The van der Waals surface area contributed by atoms with E-state index in [1.807, 2.05) is 11.8 Å². The van der Waals surface area contributed by atoms with Gasteiger partial charge < -0.3 is 31.3 Å². The topological polar surface area (TPSA) is 69.4 Å². The van der Waals surface area contributed by atoms with Crippen molar-refractivity contribution in [3.05, 3.63) is 0 Å². The lowest BCUT2D eigenvalue weighted by Gasteiger charge is -2.11. The minimum absolute atomic E-state index is 0.889. The summed E-state index contributed by atoms with van der Waals surface area (Å²) in [6.07, 6.45) is 4.22. The van der Waals surface area contributed by atoms with E-state index in [2.05, 4.69) is 26.6 Å². The van der Waals surface area contributed by atoms with Gasteiger partial charge >= 0.3 is 0 Å². The predicted molar refractivity (Wildman–Crippen MR) is 106 cm³/mol. The Morgan fingerprint density at radius 3 is 1.08 bits per heavy atom. The number of nitrogens with one attached hydrogen (secondary N) is 5. The van der Waals surface area contributed by atoms with E-state index >= 15 is 0 Å². The zero-order chi connectivity index (χ0) is 17.0. The number of hydrogen-bond donors (Lipinski definition) is 5. The number of hydrogen-bond acceptors (Lipinski definition) is 7. The van der Waals surface area contributed by atoms with Crippen LogP contribution < -0.4 is 26.6 Å². The maximum absolute atomic E-state index is 5.01. The van der Waals surface area contributed by atoms with E-state index < -0.39 is 0 Å². The Morgan fingerprint density at radius 2 is 0.917 bits per heavy atom. The third kappa shape index (κ3) is 17.0. The van der Waals surface area contributed by atoms with Crippen LogP contribution in [0.15, 0.2) is 0 Å². The van der Waals surface area contributed by atoms with Crippen molar-refractivity contribution in [3.63, 3.8) is 0 Å². The molecule has 144 valence electrons. The Morgan fingerprint density at radius 1 is 0.458 bits per heavy atom. The van der Waals surface area contributed by atoms with Gasteiger partial charge in [-0.05, 0) is 25.9 Å². The number of piperazine rings is 1. The zero-order valence-electron chi connectivity index (χ0n) is 15.3. The van der Waals surface area contributed by atoms with Crippen molar-refractivity contribution in [1.29, 1.82) is 0 Å². The van der Waals surface area contributed by atoms with Crippen molar-refractivity contribution in [2.24, 2.45) is 0 Å². The summed E-state index contributed by atoms with van der Waals surface area (Å²) in [5, 5.41) is 16.2. The Bertz CT molecular complexity index is 139. The lowest BCUT2D eigenvalue weighted by atomic mass is 10.2. The van der Waals surface area contributed by atoms with Crippen LogP contribution in [0.1, 0.15) is 19.3 Å². The van der Waals surface area contributed by atoms with Crippen LogP contribution in [0.5, 0.6) is 0 Å². The summed E-state index contributed by atoms with van der Waals surface area (Å²) in [6.45, 7) is 13.3. The molecule has 0 radical (unpaired) electrons. The first-order valence-electron chi connectivity index (χ1n) is 9.69. The highest BCUT2D eigenvalue weighted by molar-refractivity contribution is 7.99. The van der Waals surface area contributed by atoms with E-state index in [0.29, 0.717) is 0 Å². The van der Waals surface area contributed by atoms with Gasteiger partial charge in [-0.15, -0.1) is 0 Å². The predicted octanol–water partition coefficient (Wildman–Crippen LogP) is -0.132. The summed E-state index contributed by atoms with van der Waals surface area (Å²) < 4.78 is 5.01. The molecule has 0 aliphatic carbocycles. The molecule has 0 unspecified atom stereocenters. The summed E-state index contributed by atoms with van der Waals surface area (Å²) in [6, 6.07) is 0. The van der Waals surface area contributed by atoms with E-state index in [1.54, 1.807) is 0 Å². The van der Waals surface area contributed by atoms with Gasteiger partial charge in [0.15, 0.2) is 0 Å². The van der Waals surface area contributed by atoms with Crippen molar-refractivity contribution in [2.45, 2.75) is 19.3 Å². The average Bonchev–Trinajstić information content (AvgIpc) is 2.75. The molecule has 0 bridgehead atoms. The van der Waals surface area contributed by atoms with Crippen LogP contribution in [-0.2, 0) is 4.74 Å². The fraction of sp³-hybridized carbons (Fsp3) is 1.00. The molecule has 5 N–H and O–H groups in total. The van der Waals surface area contributed by atoms with E-state index in [4.69, 9.17) is 4.74 Å². The fourth-order valence-corrected chi connectivity index (χ4v) is 3.22. The van der Waals surface area contributed by atoms with E-state index in [1.165, 1.54) is 56.9 Å². The maximum atomic E-state index is 5.01. The molecule has 0 saturated carbocycles. The van der Waals surface area contributed by atoms with Crippen LogP contribution in [0.25, 0.3) is 0 Å². The molecule has 0 amide bonds. The lowest BCUT2D eigenvalue weighted by Crippen LogP contribution is -2.39. The number of piperidine rings is 1. The van der Waals surface area contributed by atoms with Crippen molar-refractivity contribution in [1.82, 2.24) is 26.6 Å². The summed E-state index contributed by atoms with van der Waals surface area (Å²) >= 11 is 2.03. The summed E-state index contributed by atoms with van der Waals surface area (Å²) in [5.74, 6) is 2.61. The molecule has 7 heteroatoms. The van der Waals surface area contributed by atoms with Gasteiger partial charge in [0.2, 0.25) is 0 Å². The first-order valence-corrected chi connectivity index (χ1v) is 10.8. The van der Waals surface area contributed by atoms with Crippen LogP contribution >= 0.6 is 11.8 Å². The smallest absolute Gasteiger partial charge is 0.0591 e. The van der Waals surface area contributed by atoms with Gasteiger partial charge in [0.1, 0.15) is 0 Å². The highest BCUT2D eigenvalue weighted by Crippen LogP contribution is 1.99. The summed E-state index contributed by atoms with van der Waals surface area (Å²) in [5.41, 5.74) is 0. The first-order chi connectivity index (χ1) is 12.0. The Hall–Kier alpha value is 0.110. The van der Waals surface area contributed by atoms with Gasteiger partial charge in [0.05, 0.1) is 13.2 Å². The third-order valence-electron chi connectivity index (χ3n) is 3.86. The second-order valence-electron chi connectivity index (χ2n) is 6.04. The molecule has 4 aliphatic heterocycles. The molecule has 0 aromatic carbocycles. The molecule has 4 saturated heterocycles. The third-order valence-corrected chi connectivity index (χ3v) is 4.84. The Labute approximate surface area is 153 Å². The normalized spacial score (nSPS) is 24.0. The SMILES string of the molecule is C1CCNCC1.C1CNCCN1.C1COCCN1.C1CSCCN1. The standard InChI is InChI=1S/C5H11N.C4H10N2.C4H9NO.C4H9NS/c1-2-4-6-5-3-1;1-2-6-4-3-5-1;2*1-3-6-4-2-5-1/h6H,1-5H2;5-6H,1-4H2;2*5H,1-4H2. The molecule has 4 rings (SSSR count). The average molecular weight is 362 g/mol. The molecule has 4 fully saturated rings. The number of rotatable bonds is 0. The number of morpholine rings is 1. The van der Waals surface area contributed by atoms with E-state index in [0.717, 1.165) is 52.5 Å². The lowest BCUT2D eigenvalue weighted by molar-refractivity contribution is 0.109.